The average molecular weight is 685 g/mol. The molecule has 0 saturated carbocycles. The van der Waals surface area contributed by atoms with Crippen molar-refractivity contribution in [3.8, 4) is 11.5 Å². The highest BCUT2D eigenvalue weighted by atomic mass is 16.6. The summed E-state index contributed by atoms with van der Waals surface area (Å²) in [6.07, 6.45) is 14.9. The number of ether oxygens (including phenoxy) is 4. The van der Waals surface area contributed by atoms with Gasteiger partial charge in [0.15, 0.2) is 0 Å². The van der Waals surface area contributed by atoms with E-state index in [0.29, 0.717) is 18.8 Å². The number of carbonyl (C=O) groups excluding carboxylic acids is 3. The quantitative estimate of drug-likeness (QED) is 0.0627. The third-order valence-corrected chi connectivity index (χ3v) is 9.40. The number of unbranched alkanes of at least 4 members (excludes halogenated alkanes) is 10. The summed E-state index contributed by atoms with van der Waals surface area (Å²) >= 11 is 0. The molecule has 1 aliphatic rings. The number of esters is 3. The van der Waals surface area contributed by atoms with Crippen molar-refractivity contribution in [2.75, 3.05) is 6.61 Å². The van der Waals surface area contributed by atoms with Crippen LogP contribution in [-0.2, 0) is 20.7 Å². The normalized spacial score (nSPS) is 15.8. The summed E-state index contributed by atoms with van der Waals surface area (Å²) in [6.45, 7) is 6.94. The first-order valence-corrected chi connectivity index (χ1v) is 18.9. The molecule has 0 saturated heterocycles. The average Bonchev–Trinajstić information content (AvgIpc) is 3.13. The van der Waals surface area contributed by atoms with Crippen LogP contribution in [0.15, 0.2) is 72.8 Å². The van der Waals surface area contributed by atoms with Gasteiger partial charge < -0.3 is 18.9 Å². The first-order valence-electron chi connectivity index (χ1n) is 18.9. The predicted octanol–water partition coefficient (Wildman–Crippen LogP) is 10.8. The summed E-state index contributed by atoms with van der Waals surface area (Å²) in [5, 5.41) is 0. The minimum Gasteiger partial charge on any atom is -0.494 e. The Kier molecular flexibility index (Phi) is 16.4. The molecule has 0 spiro atoms. The number of hydrogen-bond donors (Lipinski definition) is 0. The summed E-state index contributed by atoms with van der Waals surface area (Å²) in [5.74, 6) is -0.898. The van der Waals surface area contributed by atoms with Crippen molar-refractivity contribution in [3.63, 3.8) is 0 Å². The van der Waals surface area contributed by atoms with Gasteiger partial charge in [-0.2, -0.15) is 0 Å². The Bertz CT molecular complexity index is 1480. The molecule has 0 heterocycles. The smallest absolute Gasteiger partial charge is 0.339 e. The Balaban J connectivity index is 1.31. The van der Waals surface area contributed by atoms with Crippen molar-refractivity contribution in [3.05, 3.63) is 95.1 Å². The van der Waals surface area contributed by atoms with Crippen LogP contribution < -0.4 is 9.47 Å². The maximum Gasteiger partial charge on any atom is 0.339 e. The summed E-state index contributed by atoms with van der Waals surface area (Å²) in [7, 11) is 0. The maximum atomic E-state index is 13.6. The highest BCUT2D eigenvalue weighted by molar-refractivity contribution is 6.03. The fourth-order valence-corrected chi connectivity index (χ4v) is 6.48. The lowest BCUT2D eigenvalue weighted by atomic mass is 9.82. The van der Waals surface area contributed by atoms with E-state index in [9.17, 15) is 14.4 Å². The zero-order chi connectivity index (χ0) is 35.6. The second-order valence-electron chi connectivity index (χ2n) is 13.6. The van der Waals surface area contributed by atoms with Crippen LogP contribution in [0.4, 0.5) is 0 Å². The molecule has 3 aromatic rings. The van der Waals surface area contributed by atoms with Crippen molar-refractivity contribution >= 4 is 17.9 Å². The summed E-state index contributed by atoms with van der Waals surface area (Å²) < 4.78 is 23.4. The van der Waals surface area contributed by atoms with E-state index < -0.39 is 24.0 Å². The molecule has 1 aliphatic carbocycles. The Morgan fingerprint density at radius 2 is 1.26 bits per heavy atom. The second kappa shape index (κ2) is 21.2. The fraction of sp³-hybridized carbons (Fsp3) is 0.512. The first-order chi connectivity index (χ1) is 24.4. The van der Waals surface area contributed by atoms with Crippen LogP contribution in [0.2, 0.25) is 0 Å². The van der Waals surface area contributed by atoms with Crippen molar-refractivity contribution < 1.29 is 33.3 Å². The van der Waals surface area contributed by atoms with Gasteiger partial charge in [-0.05, 0) is 80.1 Å². The molecule has 0 bridgehead atoms. The lowest BCUT2D eigenvalue weighted by Crippen LogP contribution is -2.30. The molecular weight excluding hydrogens is 628 g/mol. The molecule has 3 atom stereocenters. The molecule has 0 aliphatic heterocycles. The lowest BCUT2D eigenvalue weighted by molar-refractivity contribution is -0.140. The van der Waals surface area contributed by atoms with E-state index in [4.69, 9.17) is 18.9 Å². The van der Waals surface area contributed by atoms with Gasteiger partial charge in [0.1, 0.15) is 17.6 Å². The maximum absolute atomic E-state index is 13.6. The van der Waals surface area contributed by atoms with Crippen LogP contribution in [0.1, 0.15) is 149 Å². The minimum atomic E-state index is -0.682. The van der Waals surface area contributed by atoms with Crippen molar-refractivity contribution in [2.24, 2.45) is 5.92 Å². The summed E-state index contributed by atoms with van der Waals surface area (Å²) in [5.41, 5.74) is 2.09. The number of fused-ring (bicyclic) bond motifs is 1. The van der Waals surface area contributed by atoms with Crippen molar-refractivity contribution in [1.29, 1.82) is 0 Å². The Morgan fingerprint density at radius 3 is 1.96 bits per heavy atom. The molecule has 2 unspecified atom stereocenters. The molecule has 0 aromatic heterocycles. The molecular formula is C43H56O7. The van der Waals surface area contributed by atoms with E-state index in [1.165, 1.54) is 44.9 Å². The van der Waals surface area contributed by atoms with E-state index in [0.717, 1.165) is 55.4 Å². The molecule has 0 radical (unpaired) electrons. The zero-order valence-electron chi connectivity index (χ0n) is 30.3. The Labute approximate surface area is 299 Å². The van der Waals surface area contributed by atoms with Gasteiger partial charge in [-0.25, -0.2) is 9.59 Å². The van der Waals surface area contributed by atoms with E-state index in [-0.39, 0.29) is 29.6 Å². The zero-order valence-corrected chi connectivity index (χ0v) is 30.3. The highest BCUT2D eigenvalue weighted by Gasteiger charge is 2.35. The van der Waals surface area contributed by atoms with E-state index in [1.54, 1.807) is 36.4 Å². The fourth-order valence-electron chi connectivity index (χ4n) is 6.48. The molecule has 3 aromatic carbocycles. The summed E-state index contributed by atoms with van der Waals surface area (Å²) in [4.78, 5) is 40.1. The molecule has 270 valence electrons. The van der Waals surface area contributed by atoms with Crippen LogP contribution in [0, 0.1) is 5.92 Å². The van der Waals surface area contributed by atoms with Gasteiger partial charge in [-0.15, -0.1) is 0 Å². The van der Waals surface area contributed by atoms with Crippen LogP contribution in [0.5, 0.6) is 11.5 Å². The second-order valence-corrected chi connectivity index (χ2v) is 13.6. The number of rotatable bonds is 21. The third-order valence-electron chi connectivity index (χ3n) is 9.40. The van der Waals surface area contributed by atoms with Gasteiger partial charge in [-0.3, -0.25) is 4.79 Å². The van der Waals surface area contributed by atoms with E-state index >= 15 is 0 Å². The number of hydrogen-bond acceptors (Lipinski definition) is 7. The van der Waals surface area contributed by atoms with Crippen LogP contribution in [0.25, 0.3) is 0 Å². The van der Waals surface area contributed by atoms with E-state index in [1.807, 2.05) is 43.3 Å². The molecule has 0 amide bonds. The van der Waals surface area contributed by atoms with Gasteiger partial charge in [0.2, 0.25) is 0 Å². The van der Waals surface area contributed by atoms with Crippen LogP contribution in [-0.4, -0.2) is 30.6 Å². The van der Waals surface area contributed by atoms with Crippen molar-refractivity contribution in [1.82, 2.24) is 0 Å². The molecule has 7 nitrogen and oxygen atoms in total. The number of carbonyl (C=O) groups is 3. The van der Waals surface area contributed by atoms with Gasteiger partial charge in [-0.1, -0.05) is 114 Å². The van der Waals surface area contributed by atoms with Crippen LogP contribution >= 0.6 is 0 Å². The lowest BCUT2D eigenvalue weighted by Gasteiger charge is -2.30. The van der Waals surface area contributed by atoms with Crippen LogP contribution in [0.3, 0.4) is 0 Å². The van der Waals surface area contributed by atoms with Gasteiger partial charge in [0.25, 0.3) is 0 Å². The van der Waals surface area contributed by atoms with Gasteiger partial charge >= 0.3 is 17.9 Å². The minimum absolute atomic E-state index is 0.141. The monoisotopic (exact) mass is 684 g/mol. The molecule has 4 rings (SSSR count). The van der Waals surface area contributed by atoms with Gasteiger partial charge in [0, 0.05) is 6.42 Å². The Hall–Kier alpha value is -4.13. The largest absolute Gasteiger partial charge is 0.494 e. The van der Waals surface area contributed by atoms with E-state index in [2.05, 4.69) is 13.8 Å². The summed E-state index contributed by atoms with van der Waals surface area (Å²) in [6, 6.07) is 21.4. The molecule has 0 fully saturated rings. The predicted molar refractivity (Wildman–Crippen MR) is 197 cm³/mol. The Morgan fingerprint density at radius 1 is 0.680 bits per heavy atom. The first kappa shape index (κ1) is 38.7. The highest BCUT2D eigenvalue weighted by Crippen LogP contribution is 2.37. The standard InChI is InChI=1S/C43H56O7/c1-4-6-8-10-11-12-13-19-29-47-35-25-27-36(28-26-35)49-41(44)34-30-33-21-15-16-22-37(33)40(31-34)50-43(46)39-24-18-17-23-38(39)42(45)48-32(3)20-14-9-7-5-2/h15-18,21-28,32,34,40H,4-14,19-20,29-31H2,1-3H3/t32-,34?,40?/m1/s1. The third kappa shape index (κ3) is 12.3. The molecule has 7 heteroatoms. The van der Waals surface area contributed by atoms with Gasteiger partial charge in [0.05, 0.1) is 29.8 Å². The molecule has 0 N–H and O–H groups in total. The molecule has 50 heavy (non-hydrogen) atoms. The number of benzene rings is 3. The topological polar surface area (TPSA) is 88.1 Å². The SMILES string of the molecule is CCCCCCCCCCOc1ccc(OC(=O)C2Cc3ccccc3C(OC(=O)c3ccccc3C(=O)O[C@H](C)CCCCCC)C2)cc1. The van der Waals surface area contributed by atoms with Crippen molar-refractivity contribution in [2.45, 2.75) is 129 Å².